The number of aromatic nitrogens is 11. The molecule has 0 aliphatic rings. The highest BCUT2D eigenvalue weighted by atomic mass is 32.1. The number of hydrogen-bond acceptors (Lipinski definition) is 5. The lowest BCUT2D eigenvalue weighted by molar-refractivity contribution is -0.748. The van der Waals surface area contributed by atoms with Gasteiger partial charge in [0, 0.05) is 54.3 Å². The first-order chi connectivity index (χ1) is 28.6. The number of phenols is 1. The summed E-state index contributed by atoms with van der Waals surface area (Å²) in [6.07, 6.45) is 9.70. The fourth-order valence-electron chi connectivity index (χ4n) is 6.00. The van der Waals surface area contributed by atoms with Crippen molar-refractivity contribution in [1.29, 1.82) is 0 Å². The number of benzene rings is 2. The summed E-state index contributed by atoms with van der Waals surface area (Å²) in [6.45, 7) is 13.9. The van der Waals surface area contributed by atoms with Gasteiger partial charge in [-0.25, -0.2) is 13.7 Å². The van der Waals surface area contributed by atoms with Crippen LogP contribution in [0.5, 0.6) is 5.75 Å². The number of pyridine rings is 1. The number of aromatic hydroxyl groups is 1. The molecular formula is C46H67N11O3S+6. The van der Waals surface area contributed by atoms with Gasteiger partial charge in [0.05, 0.1) is 60.9 Å². The van der Waals surface area contributed by atoms with Crippen LogP contribution in [0.2, 0.25) is 0 Å². The van der Waals surface area contributed by atoms with Crippen molar-refractivity contribution in [1.82, 2.24) is 23.6 Å². The van der Waals surface area contributed by atoms with E-state index in [0.717, 1.165) is 39.4 Å². The lowest BCUT2D eigenvalue weighted by Gasteiger charge is -1.99. The summed E-state index contributed by atoms with van der Waals surface area (Å²) in [5, 5.41) is 16.0. The molecule has 8 rings (SSSR count). The summed E-state index contributed by atoms with van der Waals surface area (Å²) >= 11 is 1.84. The van der Waals surface area contributed by atoms with E-state index < -0.39 is 0 Å². The summed E-state index contributed by atoms with van der Waals surface area (Å²) in [4.78, 5) is 22.5. The minimum Gasteiger partial charge on any atom is -0.508 e. The Morgan fingerprint density at radius 3 is 1.84 bits per heavy atom. The number of hydrogen-bond donors (Lipinski definition) is 1. The van der Waals surface area contributed by atoms with E-state index in [2.05, 4.69) is 67.1 Å². The van der Waals surface area contributed by atoms with Crippen LogP contribution in [-0.2, 0) is 70.5 Å². The van der Waals surface area contributed by atoms with Gasteiger partial charge in [-0.05, 0) is 58.9 Å². The van der Waals surface area contributed by atoms with Gasteiger partial charge in [-0.1, -0.05) is 23.5 Å². The second kappa shape index (κ2) is 21.8. The zero-order chi connectivity index (χ0) is 45.9. The van der Waals surface area contributed by atoms with Crippen LogP contribution in [0.1, 0.15) is 39.0 Å². The summed E-state index contributed by atoms with van der Waals surface area (Å²) in [5.74, 6) is 1.51. The number of aryl methyl sites for hydroxylation is 13. The Hall–Kier alpha value is -6.35. The molecule has 0 atom stereocenters. The molecule has 0 amide bonds. The van der Waals surface area contributed by atoms with E-state index in [1.54, 1.807) is 65.0 Å². The van der Waals surface area contributed by atoms with Crippen LogP contribution >= 0.6 is 11.3 Å². The Morgan fingerprint density at radius 1 is 0.672 bits per heavy atom. The Morgan fingerprint density at radius 2 is 1.31 bits per heavy atom. The standard InChI is InChI=1S/C10H12N2O.C9H10NS.C8H13N2O.C7H11N2O.C7H10N.C5H10N3/c1-7-9(13)5-4-8-6-11(2)12(3)10(7)8;1-7-10(2)8-5-3-4-6-9(8)11-7;1-6-5-7(2)10(4)8(11)9(6)3;1-6-4-5-8(2)7(10)9(6)3;1-7-4-3-5-8(2)6-7;1-5-7(2)4-6-8(5)3/h4-6H,1-3H3;3-6H,1-2H3;5H,1-4H3;4-5H,1-3H3;3-6H,1-2H3;4H,1-3H3/q;5*+1/p+1. The van der Waals surface area contributed by atoms with Gasteiger partial charge in [-0.3, -0.25) is 0 Å². The van der Waals surface area contributed by atoms with Crippen LogP contribution in [0.15, 0.2) is 101 Å². The summed E-state index contributed by atoms with van der Waals surface area (Å²) in [6, 6.07) is 20.1. The average molecular weight is 854 g/mol. The van der Waals surface area contributed by atoms with E-state index in [-0.39, 0.29) is 11.4 Å². The van der Waals surface area contributed by atoms with Gasteiger partial charge >= 0.3 is 11.4 Å². The normalized spacial score (nSPS) is 10.2. The highest BCUT2D eigenvalue weighted by Crippen LogP contribution is 2.24. The predicted molar refractivity (Wildman–Crippen MR) is 240 cm³/mol. The molecule has 15 heteroatoms. The molecule has 8 aromatic rings. The number of thiazole rings is 1. The van der Waals surface area contributed by atoms with Crippen molar-refractivity contribution in [3.05, 3.63) is 152 Å². The zero-order valence-electron chi connectivity index (χ0n) is 39.3. The third-order valence-electron chi connectivity index (χ3n) is 10.7. The number of para-hydroxylation sites is 1. The molecule has 14 nitrogen and oxygen atoms in total. The van der Waals surface area contributed by atoms with Gasteiger partial charge < -0.3 is 5.11 Å². The topological polar surface area (TPSA) is 110 Å². The van der Waals surface area contributed by atoms with E-state index in [1.807, 2.05) is 141 Å². The monoisotopic (exact) mass is 854 g/mol. The molecule has 2 aromatic carbocycles. The van der Waals surface area contributed by atoms with Crippen LogP contribution < -0.4 is 38.9 Å². The first-order valence-electron chi connectivity index (χ1n) is 19.9. The van der Waals surface area contributed by atoms with Gasteiger partial charge in [0.25, 0.3) is 6.33 Å². The maximum atomic E-state index is 11.3. The molecule has 0 spiro atoms. The minimum absolute atomic E-state index is 0.0139. The Balaban J connectivity index is 0.000000197. The molecule has 0 bridgehead atoms. The van der Waals surface area contributed by atoms with Crippen molar-refractivity contribution < 1.29 is 32.6 Å². The van der Waals surface area contributed by atoms with Crippen LogP contribution in [0.25, 0.3) is 21.1 Å². The first kappa shape index (κ1) is 49.0. The lowest BCUT2D eigenvalue weighted by atomic mass is 10.1. The molecule has 6 heterocycles. The molecule has 0 fully saturated rings. The maximum Gasteiger partial charge on any atom is 0.497 e. The van der Waals surface area contributed by atoms with Crippen LogP contribution in [0, 0.1) is 48.5 Å². The zero-order valence-corrected chi connectivity index (χ0v) is 40.1. The average Bonchev–Trinajstić information content (AvgIpc) is 3.81. The molecule has 324 valence electrons. The molecule has 61 heavy (non-hydrogen) atoms. The Kier molecular flexibility index (Phi) is 17.5. The molecule has 0 unspecified atom stereocenters. The van der Waals surface area contributed by atoms with Gasteiger partial charge in [0.15, 0.2) is 19.4 Å². The number of fused-ring (bicyclic) bond motifs is 2. The van der Waals surface area contributed by atoms with E-state index in [4.69, 9.17) is 0 Å². The highest BCUT2D eigenvalue weighted by Gasteiger charge is 2.13. The SMILES string of the molecule is Cc1c(O)ccc2c[n+](C)n(C)c12.Cc1cc(C)[n+](C)c(=O)n1C.Cc1cc[n+](C)c(=O)n1C.Cc1ccc[n+](C)c1.Cc1n(C)nc[n+]1C.Cc1sc2ccccc2[n+]1C. The lowest BCUT2D eigenvalue weighted by Crippen LogP contribution is -2.53. The van der Waals surface area contributed by atoms with Crippen molar-refractivity contribution in [3.63, 3.8) is 0 Å². The predicted octanol–water partition coefficient (Wildman–Crippen LogP) is 2.77. The first-order valence-corrected chi connectivity index (χ1v) is 20.7. The molecule has 0 aliphatic heterocycles. The van der Waals surface area contributed by atoms with Crippen molar-refractivity contribution >= 4 is 32.5 Å². The van der Waals surface area contributed by atoms with E-state index in [9.17, 15) is 14.7 Å². The molecule has 6 aromatic heterocycles. The summed E-state index contributed by atoms with van der Waals surface area (Å²) in [5.41, 5.74) is 7.65. The van der Waals surface area contributed by atoms with Gasteiger partial charge in [0.2, 0.25) is 22.5 Å². The molecule has 1 N–H and O–H groups in total. The third kappa shape index (κ3) is 12.8. The molecule has 0 aliphatic carbocycles. The van der Waals surface area contributed by atoms with E-state index in [0.29, 0.717) is 5.75 Å². The molecular weight excluding hydrogens is 787 g/mol. The van der Waals surface area contributed by atoms with Crippen molar-refractivity contribution in [2.24, 2.45) is 70.5 Å². The van der Waals surface area contributed by atoms with Gasteiger partial charge in [-0.2, -0.15) is 32.5 Å². The van der Waals surface area contributed by atoms with Gasteiger partial charge in [0.1, 0.15) is 47.1 Å². The quantitative estimate of drug-likeness (QED) is 0.237. The number of rotatable bonds is 0. The minimum atomic E-state index is 0.0139. The highest BCUT2D eigenvalue weighted by molar-refractivity contribution is 7.18. The second-order valence-electron chi connectivity index (χ2n) is 15.2. The fourth-order valence-corrected chi connectivity index (χ4v) is 7.01. The second-order valence-corrected chi connectivity index (χ2v) is 16.5. The Labute approximate surface area is 364 Å². The van der Waals surface area contributed by atoms with Crippen molar-refractivity contribution in [3.8, 4) is 5.75 Å². The Bertz CT molecular complexity index is 2800. The molecule has 0 radical (unpaired) electrons. The summed E-state index contributed by atoms with van der Waals surface area (Å²) < 4.78 is 19.9. The largest absolute Gasteiger partial charge is 0.508 e. The maximum absolute atomic E-state index is 11.3. The fraction of sp³-hybridized carbons (Fsp3) is 0.370. The summed E-state index contributed by atoms with van der Waals surface area (Å²) in [7, 11) is 19.0. The van der Waals surface area contributed by atoms with E-state index in [1.165, 1.54) is 20.8 Å². The van der Waals surface area contributed by atoms with Gasteiger partial charge in [-0.15, -0.1) is 9.36 Å². The van der Waals surface area contributed by atoms with E-state index >= 15 is 0 Å². The van der Waals surface area contributed by atoms with Crippen molar-refractivity contribution in [2.45, 2.75) is 48.5 Å². The van der Waals surface area contributed by atoms with Crippen molar-refractivity contribution in [2.75, 3.05) is 0 Å². The molecule has 0 saturated carbocycles. The smallest absolute Gasteiger partial charge is 0.497 e. The van der Waals surface area contributed by atoms with Crippen LogP contribution in [0.4, 0.5) is 0 Å². The third-order valence-corrected chi connectivity index (χ3v) is 11.8. The molecule has 0 saturated heterocycles. The number of phenolic OH excluding ortho intramolecular Hbond substituents is 1. The van der Waals surface area contributed by atoms with Crippen LogP contribution in [0.3, 0.4) is 0 Å². The van der Waals surface area contributed by atoms with Crippen LogP contribution in [-0.4, -0.2) is 28.7 Å². The number of nitrogens with zero attached hydrogens (tertiary/aromatic N) is 11.